The lowest BCUT2D eigenvalue weighted by Crippen LogP contribution is -2.35. The Balaban J connectivity index is 1.75. The zero-order valence-electron chi connectivity index (χ0n) is 13.2. The summed E-state index contributed by atoms with van der Waals surface area (Å²) in [7, 11) is 1.65. The van der Waals surface area contributed by atoms with Gasteiger partial charge >= 0.3 is 0 Å². The van der Waals surface area contributed by atoms with Gasteiger partial charge in [0.2, 0.25) is 5.91 Å². The van der Waals surface area contributed by atoms with Crippen LogP contribution in [0.5, 0.6) is 5.75 Å². The van der Waals surface area contributed by atoms with Crippen LogP contribution >= 0.6 is 11.6 Å². The molecular formula is C19H20ClNO2. The fourth-order valence-electron chi connectivity index (χ4n) is 3.07. The molecule has 0 radical (unpaired) electrons. The Morgan fingerprint density at radius 2 is 2.00 bits per heavy atom. The average molecular weight is 330 g/mol. The number of carbonyl (C=O) groups is 1. The summed E-state index contributed by atoms with van der Waals surface area (Å²) in [5.41, 5.74) is 3.26. The van der Waals surface area contributed by atoms with Gasteiger partial charge in [-0.3, -0.25) is 4.79 Å². The lowest BCUT2D eigenvalue weighted by molar-refractivity contribution is -0.118. The fraction of sp³-hybridized carbons (Fsp3) is 0.316. The molecule has 0 aliphatic carbocycles. The van der Waals surface area contributed by atoms with Crippen molar-refractivity contribution in [1.82, 2.24) is 0 Å². The third-order valence-corrected chi connectivity index (χ3v) is 4.49. The number of nitrogens with zero attached hydrogens (tertiary/aromatic N) is 1. The minimum absolute atomic E-state index is 0.144. The van der Waals surface area contributed by atoms with Gasteiger partial charge in [-0.25, -0.2) is 0 Å². The summed E-state index contributed by atoms with van der Waals surface area (Å²) in [4.78, 5) is 14.6. The minimum Gasteiger partial charge on any atom is -0.495 e. The normalized spacial score (nSPS) is 13.6. The predicted molar refractivity (Wildman–Crippen MR) is 93.4 cm³/mol. The lowest BCUT2D eigenvalue weighted by Gasteiger charge is -2.31. The second kappa shape index (κ2) is 7.05. The van der Waals surface area contributed by atoms with Gasteiger partial charge in [-0.05, 0) is 48.6 Å². The summed E-state index contributed by atoms with van der Waals surface area (Å²) in [5.74, 6) is 0.924. The number of benzene rings is 2. The molecule has 120 valence electrons. The molecule has 3 rings (SSSR count). The number of halogens is 1. The summed E-state index contributed by atoms with van der Waals surface area (Å²) in [5, 5.41) is 0.717. The van der Waals surface area contributed by atoms with Crippen molar-refractivity contribution in [2.75, 3.05) is 18.6 Å². The van der Waals surface area contributed by atoms with Gasteiger partial charge < -0.3 is 9.64 Å². The Kier molecular flexibility index (Phi) is 4.87. The molecule has 0 spiro atoms. The predicted octanol–water partition coefficient (Wildman–Crippen LogP) is 4.26. The van der Waals surface area contributed by atoms with Gasteiger partial charge in [-0.1, -0.05) is 35.9 Å². The maximum absolute atomic E-state index is 12.7. The van der Waals surface area contributed by atoms with Crippen LogP contribution in [-0.2, 0) is 17.6 Å². The molecule has 1 amide bonds. The van der Waals surface area contributed by atoms with Crippen LogP contribution in [0.25, 0.3) is 0 Å². The number of ether oxygens (including phenoxy) is 1. The largest absolute Gasteiger partial charge is 0.495 e. The fourth-order valence-corrected chi connectivity index (χ4v) is 3.19. The first-order chi connectivity index (χ1) is 11.2. The molecule has 0 atom stereocenters. The van der Waals surface area contributed by atoms with Gasteiger partial charge in [0.05, 0.1) is 12.8 Å². The van der Waals surface area contributed by atoms with Crippen molar-refractivity contribution in [1.29, 1.82) is 0 Å². The van der Waals surface area contributed by atoms with Crippen molar-refractivity contribution in [2.24, 2.45) is 0 Å². The number of rotatable bonds is 4. The molecule has 0 aromatic heterocycles. The zero-order valence-corrected chi connectivity index (χ0v) is 14.0. The number of hydrogen-bond acceptors (Lipinski definition) is 2. The number of amides is 1. The van der Waals surface area contributed by atoms with E-state index in [1.807, 2.05) is 41.3 Å². The third kappa shape index (κ3) is 3.50. The maximum Gasteiger partial charge on any atom is 0.227 e. The van der Waals surface area contributed by atoms with E-state index in [1.54, 1.807) is 7.11 Å². The second-order valence-corrected chi connectivity index (χ2v) is 6.18. The summed E-state index contributed by atoms with van der Waals surface area (Å²) in [6.45, 7) is 0.757. The highest BCUT2D eigenvalue weighted by Gasteiger charge is 2.25. The molecule has 2 aromatic rings. The Labute approximate surface area is 141 Å². The van der Waals surface area contributed by atoms with Crippen LogP contribution in [0.15, 0.2) is 42.5 Å². The number of fused-ring (bicyclic) bond motifs is 1. The Bertz CT molecular complexity index is 683. The standard InChI is InChI=1S/C19H20ClNO2/c1-23-17-6-2-4-15-5-3-13-21(19(15)17)18(22)12-9-14-7-10-16(20)11-8-14/h2,4,6-8,10-11H,3,5,9,12-13H2,1H3. The van der Waals surface area contributed by atoms with Gasteiger partial charge in [0.1, 0.15) is 5.75 Å². The number of anilines is 1. The van der Waals surface area contributed by atoms with Gasteiger partial charge in [0, 0.05) is 18.0 Å². The molecule has 0 saturated heterocycles. The van der Waals surface area contributed by atoms with Crippen molar-refractivity contribution in [2.45, 2.75) is 25.7 Å². The number of methoxy groups -OCH3 is 1. The molecule has 4 heteroatoms. The molecule has 2 aromatic carbocycles. The Morgan fingerprint density at radius 3 is 2.74 bits per heavy atom. The van der Waals surface area contributed by atoms with E-state index in [-0.39, 0.29) is 5.91 Å². The van der Waals surface area contributed by atoms with E-state index in [2.05, 4.69) is 6.07 Å². The summed E-state index contributed by atoms with van der Waals surface area (Å²) in [6, 6.07) is 13.7. The van der Waals surface area contributed by atoms with Crippen LogP contribution in [0.3, 0.4) is 0 Å². The summed E-state index contributed by atoms with van der Waals surface area (Å²) < 4.78 is 5.46. The quantitative estimate of drug-likeness (QED) is 0.838. The summed E-state index contributed by atoms with van der Waals surface area (Å²) in [6.07, 6.45) is 3.19. The molecule has 0 unspecified atom stereocenters. The van der Waals surface area contributed by atoms with Crippen LogP contribution in [0.1, 0.15) is 24.0 Å². The third-order valence-electron chi connectivity index (χ3n) is 4.24. The van der Waals surface area contributed by atoms with Gasteiger partial charge in [-0.2, -0.15) is 0 Å². The molecule has 23 heavy (non-hydrogen) atoms. The molecule has 1 heterocycles. The highest BCUT2D eigenvalue weighted by Crippen LogP contribution is 2.36. The molecule has 0 bridgehead atoms. The number of hydrogen-bond donors (Lipinski definition) is 0. The molecule has 1 aliphatic heterocycles. The average Bonchev–Trinajstić information content (AvgIpc) is 2.60. The van der Waals surface area contributed by atoms with Crippen molar-refractivity contribution >= 4 is 23.2 Å². The van der Waals surface area contributed by atoms with Crippen LogP contribution in [0, 0.1) is 0 Å². The van der Waals surface area contributed by atoms with E-state index in [0.29, 0.717) is 6.42 Å². The van der Waals surface area contributed by atoms with Crippen LogP contribution in [0.4, 0.5) is 5.69 Å². The second-order valence-electron chi connectivity index (χ2n) is 5.74. The molecular weight excluding hydrogens is 310 g/mol. The van der Waals surface area contributed by atoms with Gasteiger partial charge in [0.15, 0.2) is 0 Å². The van der Waals surface area contributed by atoms with E-state index < -0.39 is 0 Å². The van der Waals surface area contributed by atoms with E-state index in [1.165, 1.54) is 5.56 Å². The highest BCUT2D eigenvalue weighted by atomic mass is 35.5. The molecule has 1 aliphatic rings. The van der Waals surface area contributed by atoms with E-state index in [0.717, 1.165) is 47.8 Å². The minimum atomic E-state index is 0.144. The van der Waals surface area contributed by atoms with E-state index in [9.17, 15) is 4.79 Å². The Hall–Kier alpha value is -2.00. The van der Waals surface area contributed by atoms with Gasteiger partial charge in [-0.15, -0.1) is 0 Å². The smallest absolute Gasteiger partial charge is 0.227 e. The molecule has 0 saturated carbocycles. The SMILES string of the molecule is COc1cccc2c1N(C(=O)CCc1ccc(Cl)cc1)CCC2. The lowest BCUT2D eigenvalue weighted by atomic mass is 10.00. The highest BCUT2D eigenvalue weighted by molar-refractivity contribution is 6.30. The van der Waals surface area contributed by atoms with Crippen LogP contribution in [0.2, 0.25) is 5.02 Å². The van der Waals surface area contributed by atoms with Crippen molar-refractivity contribution < 1.29 is 9.53 Å². The molecule has 0 fully saturated rings. The van der Waals surface area contributed by atoms with Crippen molar-refractivity contribution in [3.8, 4) is 5.75 Å². The number of aryl methyl sites for hydroxylation is 2. The Morgan fingerprint density at radius 1 is 1.22 bits per heavy atom. The topological polar surface area (TPSA) is 29.5 Å². The number of para-hydroxylation sites is 1. The van der Waals surface area contributed by atoms with E-state index in [4.69, 9.17) is 16.3 Å². The van der Waals surface area contributed by atoms with Crippen molar-refractivity contribution in [3.63, 3.8) is 0 Å². The number of carbonyl (C=O) groups excluding carboxylic acids is 1. The molecule has 0 N–H and O–H groups in total. The monoisotopic (exact) mass is 329 g/mol. The molecule has 3 nitrogen and oxygen atoms in total. The summed E-state index contributed by atoms with van der Waals surface area (Å²) >= 11 is 5.90. The van der Waals surface area contributed by atoms with Crippen LogP contribution < -0.4 is 9.64 Å². The first-order valence-electron chi connectivity index (χ1n) is 7.89. The van der Waals surface area contributed by atoms with E-state index >= 15 is 0 Å². The first kappa shape index (κ1) is 15.9. The van der Waals surface area contributed by atoms with Crippen molar-refractivity contribution in [3.05, 3.63) is 58.6 Å². The first-order valence-corrected chi connectivity index (χ1v) is 8.27. The zero-order chi connectivity index (χ0) is 16.2. The maximum atomic E-state index is 12.7. The van der Waals surface area contributed by atoms with Crippen LogP contribution in [-0.4, -0.2) is 19.6 Å². The van der Waals surface area contributed by atoms with Gasteiger partial charge in [0.25, 0.3) is 0 Å².